The Kier molecular flexibility index (Phi) is 5.40. The first kappa shape index (κ1) is 11.0. The molecule has 0 aromatic carbocycles. The van der Waals surface area contributed by atoms with E-state index >= 15 is 0 Å². The molecule has 2 heteroatoms. The maximum atomic E-state index is 3.32. The zero-order valence-electron chi connectivity index (χ0n) is 9.18. The van der Waals surface area contributed by atoms with Gasteiger partial charge in [-0.3, -0.25) is 0 Å². The molecule has 2 nitrogen and oxygen atoms in total. The fraction of sp³-hybridized carbons (Fsp3) is 1.00. The van der Waals surface area contributed by atoms with Gasteiger partial charge < -0.3 is 10.2 Å². The number of likely N-dealkylation sites (tertiary alicyclic amines) is 1. The van der Waals surface area contributed by atoms with Crippen LogP contribution in [0, 0.1) is 0 Å². The summed E-state index contributed by atoms with van der Waals surface area (Å²) in [6, 6.07) is 0.796. The Morgan fingerprint density at radius 2 is 1.77 bits per heavy atom. The zero-order valence-corrected chi connectivity index (χ0v) is 9.18. The Bertz CT molecular complexity index is 113. The van der Waals surface area contributed by atoms with Gasteiger partial charge in [-0.2, -0.15) is 0 Å². The maximum absolute atomic E-state index is 3.32. The molecule has 1 N–H and O–H groups in total. The van der Waals surface area contributed by atoms with Crippen molar-refractivity contribution in [3.05, 3.63) is 0 Å². The van der Waals surface area contributed by atoms with Gasteiger partial charge in [0.05, 0.1) is 0 Å². The predicted octanol–water partition coefficient (Wildman–Crippen LogP) is 1.86. The van der Waals surface area contributed by atoms with Gasteiger partial charge >= 0.3 is 0 Å². The van der Waals surface area contributed by atoms with Crippen molar-refractivity contribution >= 4 is 0 Å². The third-order valence-electron chi connectivity index (χ3n) is 2.89. The predicted molar refractivity (Wildman–Crippen MR) is 58.0 cm³/mol. The number of nitrogens with zero attached hydrogens (tertiary/aromatic N) is 1. The van der Waals surface area contributed by atoms with E-state index in [-0.39, 0.29) is 0 Å². The van der Waals surface area contributed by atoms with Crippen LogP contribution < -0.4 is 5.32 Å². The molecule has 0 radical (unpaired) electrons. The van der Waals surface area contributed by atoms with E-state index in [4.69, 9.17) is 0 Å². The van der Waals surface area contributed by atoms with Crippen LogP contribution in [0.4, 0.5) is 0 Å². The molecule has 2 saturated heterocycles. The highest BCUT2D eigenvalue weighted by Gasteiger charge is 2.05. The Labute approximate surface area is 82.7 Å². The highest BCUT2D eigenvalue weighted by Crippen LogP contribution is 2.04. The molecule has 13 heavy (non-hydrogen) atoms. The van der Waals surface area contributed by atoms with Crippen molar-refractivity contribution in [2.24, 2.45) is 0 Å². The van der Waals surface area contributed by atoms with Gasteiger partial charge in [0.2, 0.25) is 0 Å². The van der Waals surface area contributed by atoms with E-state index in [1.807, 2.05) is 0 Å². The highest BCUT2D eigenvalue weighted by molar-refractivity contribution is 4.67. The van der Waals surface area contributed by atoms with Crippen molar-refractivity contribution in [3.63, 3.8) is 0 Å². The quantitative estimate of drug-likeness (QED) is 0.618. The average molecular weight is 184 g/mol. The summed E-state index contributed by atoms with van der Waals surface area (Å²) in [7, 11) is 2.19. The largest absolute Gasteiger partial charge is 0.314 e. The molecule has 2 aliphatic rings. The molecule has 0 aliphatic carbocycles. The van der Waals surface area contributed by atoms with Crippen LogP contribution in [-0.4, -0.2) is 37.6 Å². The maximum Gasteiger partial charge on any atom is 0.00391 e. The van der Waals surface area contributed by atoms with E-state index in [2.05, 4.69) is 24.2 Å². The molecule has 1 unspecified atom stereocenters. The van der Waals surface area contributed by atoms with E-state index in [9.17, 15) is 0 Å². The number of rotatable bonds is 0. The van der Waals surface area contributed by atoms with Gasteiger partial charge in [-0.05, 0) is 59.3 Å². The fourth-order valence-electron chi connectivity index (χ4n) is 1.91. The molecule has 1 atom stereocenters. The molecule has 2 rings (SSSR count). The molecule has 0 aromatic rings. The van der Waals surface area contributed by atoms with E-state index in [0.29, 0.717) is 0 Å². The minimum atomic E-state index is 0.796. The van der Waals surface area contributed by atoms with Crippen LogP contribution in [0.25, 0.3) is 0 Å². The van der Waals surface area contributed by atoms with Crippen LogP contribution in [-0.2, 0) is 0 Å². The van der Waals surface area contributed by atoms with Crippen molar-refractivity contribution in [3.8, 4) is 0 Å². The highest BCUT2D eigenvalue weighted by atomic mass is 15.1. The Morgan fingerprint density at radius 1 is 1.08 bits per heavy atom. The first-order valence-corrected chi connectivity index (χ1v) is 5.71. The molecule has 0 aromatic heterocycles. The topological polar surface area (TPSA) is 15.3 Å². The lowest BCUT2D eigenvalue weighted by molar-refractivity contribution is 0.277. The van der Waals surface area contributed by atoms with E-state index in [1.54, 1.807) is 0 Å². The molecule has 78 valence electrons. The van der Waals surface area contributed by atoms with Crippen molar-refractivity contribution in [1.82, 2.24) is 10.2 Å². The van der Waals surface area contributed by atoms with E-state index in [0.717, 1.165) is 6.04 Å². The second kappa shape index (κ2) is 6.39. The Hall–Kier alpha value is -0.0800. The first-order chi connectivity index (χ1) is 6.29. The van der Waals surface area contributed by atoms with Crippen molar-refractivity contribution in [2.75, 3.05) is 26.7 Å². The minimum Gasteiger partial charge on any atom is -0.314 e. The Balaban J connectivity index is 0.000000132. The molecule has 2 aliphatic heterocycles. The summed E-state index contributed by atoms with van der Waals surface area (Å²) in [6.07, 6.45) is 7.03. The summed E-state index contributed by atoms with van der Waals surface area (Å²) in [4.78, 5) is 2.39. The second-order valence-electron chi connectivity index (χ2n) is 4.36. The van der Waals surface area contributed by atoms with Crippen LogP contribution in [0.15, 0.2) is 0 Å². The third-order valence-corrected chi connectivity index (χ3v) is 2.89. The molecule has 2 heterocycles. The van der Waals surface area contributed by atoms with Crippen LogP contribution in [0.2, 0.25) is 0 Å². The molecule has 0 spiro atoms. The molecule has 0 bridgehead atoms. The van der Waals surface area contributed by atoms with Gasteiger partial charge in [-0.1, -0.05) is 6.42 Å². The zero-order chi connectivity index (χ0) is 9.52. The summed E-state index contributed by atoms with van der Waals surface area (Å²) >= 11 is 0. The minimum absolute atomic E-state index is 0.796. The summed E-state index contributed by atoms with van der Waals surface area (Å²) in [5, 5.41) is 3.32. The van der Waals surface area contributed by atoms with Gasteiger partial charge in [-0.25, -0.2) is 0 Å². The smallest absolute Gasteiger partial charge is 0.00391 e. The third kappa shape index (κ3) is 5.27. The summed E-state index contributed by atoms with van der Waals surface area (Å²) in [5.41, 5.74) is 0. The summed E-state index contributed by atoms with van der Waals surface area (Å²) in [5.74, 6) is 0. The SMILES string of the molecule is CC1CCCN1.CN1CCCCC1. The van der Waals surface area contributed by atoms with E-state index < -0.39 is 0 Å². The van der Waals surface area contributed by atoms with Crippen molar-refractivity contribution < 1.29 is 0 Å². The van der Waals surface area contributed by atoms with Crippen LogP contribution in [0.1, 0.15) is 39.0 Å². The van der Waals surface area contributed by atoms with Crippen LogP contribution in [0.5, 0.6) is 0 Å². The summed E-state index contributed by atoms with van der Waals surface area (Å²) < 4.78 is 0. The van der Waals surface area contributed by atoms with Gasteiger partial charge in [0.15, 0.2) is 0 Å². The average Bonchev–Trinajstić information content (AvgIpc) is 2.58. The fourth-order valence-corrected chi connectivity index (χ4v) is 1.91. The number of hydrogen-bond donors (Lipinski definition) is 1. The molecular weight excluding hydrogens is 160 g/mol. The van der Waals surface area contributed by atoms with Crippen LogP contribution in [0.3, 0.4) is 0 Å². The standard InChI is InChI=1S/C6H13N.C5H11N/c1-7-5-3-2-4-6-7;1-5-3-2-4-6-5/h2-6H2,1H3;5-6H,2-4H2,1H3. The normalized spacial score (nSPS) is 29.5. The van der Waals surface area contributed by atoms with Crippen molar-refractivity contribution in [1.29, 1.82) is 0 Å². The lowest BCUT2D eigenvalue weighted by Crippen LogP contribution is -2.24. The first-order valence-electron chi connectivity index (χ1n) is 5.71. The van der Waals surface area contributed by atoms with Gasteiger partial charge in [0.25, 0.3) is 0 Å². The van der Waals surface area contributed by atoms with Gasteiger partial charge in [-0.15, -0.1) is 0 Å². The Morgan fingerprint density at radius 3 is 2.00 bits per heavy atom. The monoisotopic (exact) mass is 184 g/mol. The van der Waals surface area contributed by atoms with Gasteiger partial charge in [0, 0.05) is 6.04 Å². The van der Waals surface area contributed by atoms with Crippen LogP contribution >= 0.6 is 0 Å². The van der Waals surface area contributed by atoms with Gasteiger partial charge in [0.1, 0.15) is 0 Å². The number of piperidine rings is 1. The number of nitrogens with one attached hydrogen (secondary N) is 1. The van der Waals surface area contributed by atoms with Crippen molar-refractivity contribution in [2.45, 2.75) is 45.1 Å². The molecule has 0 saturated carbocycles. The lowest BCUT2D eigenvalue weighted by atomic mass is 10.1. The lowest BCUT2D eigenvalue weighted by Gasteiger charge is -2.20. The van der Waals surface area contributed by atoms with E-state index in [1.165, 1.54) is 51.7 Å². The molecular formula is C11H24N2. The molecule has 2 fully saturated rings. The molecule has 0 amide bonds. The number of hydrogen-bond acceptors (Lipinski definition) is 2. The second-order valence-corrected chi connectivity index (χ2v) is 4.36. The summed E-state index contributed by atoms with van der Waals surface area (Å²) in [6.45, 7) is 6.11.